The first-order valence-electron chi connectivity index (χ1n) is 5.83. The normalized spacial score (nSPS) is 17.3. The second-order valence-electron chi connectivity index (χ2n) is 5.12. The van der Waals surface area contributed by atoms with E-state index in [-0.39, 0.29) is 5.91 Å². The van der Waals surface area contributed by atoms with Gasteiger partial charge in [0.2, 0.25) is 0 Å². The number of carbonyl (C=O) groups excluding carboxylic acids is 1. The molecule has 4 heteroatoms. The Hall–Kier alpha value is -1.03. The molecule has 0 heterocycles. The van der Waals surface area contributed by atoms with E-state index in [0.717, 1.165) is 11.0 Å². The molecule has 1 aliphatic rings. The Bertz CT molecular complexity index is 421. The van der Waals surface area contributed by atoms with E-state index in [2.05, 4.69) is 28.2 Å². The molecule has 0 aromatic heterocycles. The summed E-state index contributed by atoms with van der Waals surface area (Å²) in [4.78, 5) is 11.9. The Kier molecular flexibility index (Phi) is 3.43. The van der Waals surface area contributed by atoms with Crippen molar-refractivity contribution in [3.63, 3.8) is 0 Å². The van der Waals surface area contributed by atoms with Crippen molar-refractivity contribution in [3.8, 4) is 0 Å². The number of nitrogens with one attached hydrogen (secondary N) is 1. The summed E-state index contributed by atoms with van der Waals surface area (Å²) in [6.07, 6.45) is 3.68. The average molecular weight is 297 g/mol. The summed E-state index contributed by atoms with van der Waals surface area (Å²) in [7, 11) is 0. The van der Waals surface area contributed by atoms with Gasteiger partial charge in [-0.1, -0.05) is 29.3 Å². The summed E-state index contributed by atoms with van der Waals surface area (Å²) < 4.78 is 0.831. The zero-order valence-corrected chi connectivity index (χ0v) is 11.5. The first kappa shape index (κ1) is 12.4. The van der Waals surface area contributed by atoms with E-state index in [4.69, 9.17) is 5.73 Å². The van der Waals surface area contributed by atoms with Crippen LogP contribution < -0.4 is 11.1 Å². The first-order chi connectivity index (χ1) is 7.98. The quantitative estimate of drug-likeness (QED) is 0.843. The molecule has 0 radical (unpaired) electrons. The zero-order chi connectivity index (χ0) is 12.5. The molecule has 1 aromatic carbocycles. The van der Waals surface area contributed by atoms with Crippen LogP contribution in [-0.4, -0.2) is 12.5 Å². The van der Waals surface area contributed by atoms with E-state index < -0.39 is 0 Å². The van der Waals surface area contributed by atoms with Gasteiger partial charge in [-0.05, 0) is 36.5 Å². The zero-order valence-electron chi connectivity index (χ0n) is 9.92. The van der Waals surface area contributed by atoms with Crippen LogP contribution in [0.2, 0.25) is 0 Å². The van der Waals surface area contributed by atoms with Gasteiger partial charge in [0.25, 0.3) is 5.91 Å². The molecule has 3 N–H and O–H groups in total. The highest BCUT2D eigenvalue weighted by Crippen LogP contribution is 2.39. The highest BCUT2D eigenvalue weighted by Gasteiger charge is 2.31. The molecule has 1 amide bonds. The number of amides is 1. The third-order valence-corrected chi connectivity index (χ3v) is 3.88. The minimum Gasteiger partial charge on any atom is -0.399 e. The summed E-state index contributed by atoms with van der Waals surface area (Å²) in [6.45, 7) is 2.96. The second-order valence-corrected chi connectivity index (χ2v) is 6.04. The molecule has 0 saturated heterocycles. The third kappa shape index (κ3) is 3.00. The number of halogens is 1. The van der Waals surface area contributed by atoms with Crippen molar-refractivity contribution in [2.75, 3.05) is 12.3 Å². The van der Waals surface area contributed by atoms with Crippen LogP contribution in [0.1, 0.15) is 36.5 Å². The number of benzene rings is 1. The Morgan fingerprint density at radius 3 is 2.71 bits per heavy atom. The molecule has 1 aromatic rings. The molecule has 0 unspecified atom stereocenters. The van der Waals surface area contributed by atoms with Crippen LogP contribution >= 0.6 is 15.9 Å². The highest BCUT2D eigenvalue weighted by atomic mass is 79.9. The average Bonchev–Trinajstić information content (AvgIpc) is 2.22. The number of hydrogen-bond acceptors (Lipinski definition) is 2. The maximum absolute atomic E-state index is 11.9. The molecule has 17 heavy (non-hydrogen) atoms. The smallest absolute Gasteiger partial charge is 0.251 e. The fourth-order valence-electron chi connectivity index (χ4n) is 2.10. The van der Waals surface area contributed by atoms with Crippen LogP contribution in [0.4, 0.5) is 5.69 Å². The maximum atomic E-state index is 11.9. The molecule has 0 bridgehead atoms. The lowest BCUT2D eigenvalue weighted by molar-refractivity contribution is 0.0891. The highest BCUT2D eigenvalue weighted by molar-refractivity contribution is 9.10. The van der Waals surface area contributed by atoms with Crippen LogP contribution in [0.25, 0.3) is 0 Å². The summed E-state index contributed by atoms with van der Waals surface area (Å²) in [5, 5.41) is 2.98. The number of anilines is 1. The van der Waals surface area contributed by atoms with Gasteiger partial charge in [-0.3, -0.25) is 4.79 Å². The summed E-state index contributed by atoms with van der Waals surface area (Å²) in [5.41, 5.74) is 7.21. The number of nitrogen functional groups attached to an aromatic ring is 1. The first-order valence-corrected chi connectivity index (χ1v) is 6.62. The molecule has 0 spiro atoms. The Labute approximate surface area is 110 Å². The van der Waals surface area contributed by atoms with Gasteiger partial charge in [-0.25, -0.2) is 0 Å². The topological polar surface area (TPSA) is 55.1 Å². The van der Waals surface area contributed by atoms with Crippen LogP contribution in [0, 0.1) is 5.41 Å². The largest absolute Gasteiger partial charge is 0.399 e. The molecule has 2 rings (SSSR count). The van der Waals surface area contributed by atoms with E-state index in [0.29, 0.717) is 16.7 Å². The summed E-state index contributed by atoms with van der Waals surface area (Å²) in [6, 6.07) is 5.27. The molecule has 0 aliphatic heterocycles. The number of hydrogen-bond donors (Lipinski definition) is 2. The standard InChI is InChI=1S/C13H17BrN2O/c1-13(3-2-4-13)8-16-12(17)9-5-10(14)7-11(15)6-9/h5-7H,2-4,8,15H2,1H3,(H,16,17). The molecule has 1 fully saturated rings. The fourth-order valence-corrected chi connectivity index (χ4v) is 2.61. The van der Waals surface area contributed by atoms with E-state index in [1.54, 1.807) is 18.2 Å². The lowest BCUT2D eigenvalue weighted by Crippen LogP contribution is -2.39. The molecule has 0 atom stereocenters. The van der Waals surface area contributed by atoms with E-state index in [1.807, 2.05) is 0 Å². The second kappa shape index (κ2) is 4.69. The molecule has 92 valence electrons. The van der Waals surface area contributed by atoms with Crippen molar-refractivity contribution < 1.29 is 4.79 Å². The lowest BCUT2D eigenvalue weighted by atomic mass is 9.70. The fraction of sp³-hybridized carbons (Fsp3) is 0.462. The monoisotopic (exact) mass is 296 g/mol. The minimum atomic E-state index is -0.0499. The van der Waals surface area contributed by atoms with Gasteiger partial charge in [-0.15, -0.1) is 0 Å². The van der Waals surface area contributed by atoms with Crippen LogP contribution in [0.15, 0.2) is 22.7 Å². The van der Waals surface area contributed by atoms with Crippen molar-refractivity contribution in [3.05, 3.63) is 28.2 Å². The lowest BCUT2D eigenvalue weighted by Gasteiger charge is -2.38. The third-order valence-electron chi connectivity index (χ3n) is 3.42. The maximum Gasteiger partial charge on any atom is 0.251 e. The van der Waals surface area contributed by atoms with Gasteiger partial charge in [-0.2, -0.15) is 0 Å². The van der Waals surface area contributed by atoms with Gasteiger partial charge < -0.3 is 11.1 Å². The van der Waals surface area contributed by atoms with E-state index in [1.165, 1.54) is 19.3 Å². The van der Waals surface area contributed by atoms with Crippen molar-refractivity contribution in [2.24, 2.45) is 5.41 Å². The van der Waals surface area contributed by atoms with Crippen LogP contribution in [0.3, 0.4) is 0 Å². The predicted octanol–water partition coefficient (Wildman–Crippen LogP) is 2.95. The van der Waals surface area contributed by atoms with E-state index in [9.17, 15) is 4.79 Å². The van der Waals surface area contributed by atoms with Gasteiger partial charge in [0.1, 0.15) is 0 Å². The van der Waals surface area contributed by atoms with E-state index >= 15 is 0 Å². The number of nitrogens with two attached hydrogens (primary N) is 1. The van der Waals surface area contributed by atoms with Gasteiger partial charge in [0.05, 0.1) is 0 Å². The molecule has 1 saturated carbocycles. The predicted molar refractivity (Wildman–Crippen MR) is 72.8 cm³/mol. The molecular weight excluding hydrogens is 280 g/mol. The van der Waals surface area contributed by atoms with Crippen molar-refractivity contribution in [1.29, 1.82) is 0 Å². The van der Waals surface area contributed by atoms with Crippen molar-refractivity contribution in [1.82, 2.24) is 5.32 Å². The Morgan fingerprint density at radius 1 is 1.47 bits per heavy atom. The van der Waals surface area contributed by atoms with Crippen molar-refractivity contribution >= 4 is 27.5 Å². The van der Waals surface area contributed by atoms with Crippen LogP contribution in [-0.2, 0) is 0 Å². The number of rotatable bonds is 3. The molecular formula is C13H17BrN2O. The molecule has 3 nitrogen and oxygen atoms in total. The van der Waals surface area contributed by atoms with Crippen molar-refractivity contribution in [2.45, 2.75) is 26.2 Å². The molecule has 1 aliphatic carbocycles. The SMILES string of the molecule is CC1(CNC(=O)c2cc(N)cc(Br)c2)CCC1. The number of carbonyl (C=O) groups is 1. The summed E-state index contributed by atoms with van der Waals surface area (Å²) >= 11 is 3.34. The van der Waals surface area contributed by atoms with Crippen LogP contribution in [0.5, 0.6) is 0 Å². The Balaban J connectivity index is 1.99. The minimum absolute atomic E-state index is 0.0499. The van der Waals surface area contributed by atoms with Gasteiger partial charge in [0.15, 0.2) is 0 Å². The van der Waals surface area contributed by atoms with Gasteiger partial charge >= 0.3 is 0 Å². The summed E-state index contributed by atoms with van der Waals surface area (Å²) in [5.74, 6) is -0.0499. The Morgan fingerprint density at radius 2 is 2.18 bits per heavy atom. The van der Waals surface area contributed by atoms with Gasteiger partial charge in [0, 0.05) is 22.3 Å².